The van der Waals surface area contributed by atoms with E-state index in [9.17, 15) is 0 Å². The molecule has 0 amide bonds. The standard InChI is InChI=1S/C15H23BrN2/c1-2-15(5-3-4-6-15)11-18-10-12-7-13(16)9-14(17)8-12/h7-9,18H,2-6,10-11,17H2,1H3. The fraction of sp³-hybridized carbons (Fsp3) is 0.600. The van der Waals surface area contributed by atoms with Crippen LogP contribution in [0.5, 0.6) is 0 Å². The zero-order chi connectivity index (χ0) is 13.0. The van der Waals surface area contributed by atoms with Gasteiger partial charge in [-0.3, -0.25) is 0 Å². The predicted octanol–water partition coefficient (Wildman–Crippen LogP) is 4.09. The van der Waals surface area contributed by atoms with E-state index < -0.39 is 0 Å². The van der Waals surface area contributed by atoms with Gasteiger partial charge in [0, 0.05) is 23.2 Å². The number of nitrogens with one attached hydrogen (secondary N) is 1. The Labute approximate surface area is 118 Å². The molecule has 3 N–H and O–H groups in total. The quantitative estimate of drug-likeness (QED) is 0.804. The van der Waals surface area contributed by atoms with E-state index in [0.717, 1.165) is 23.2 Å². The Morgan fingerprint density at radius 1 is 1.28 bits per heavy atom. The van der Waals surface area contributed by atoms with Crippen LogP contribution >= 0.6 is 15.9 Å². The summed E-state index contributed by atoms with van der Waals surface area (Å²) < 4.78 is 1.06. The zero-order valence-corrected chi connectivity index (χ0v) is 12.7. The third kappa shape index (κ3) is 3.48. The molecule has 2 nitrogen and oxygen atoms in total. The van der Waals surface area contributed by atoms with Crippen molar-refractivity contribution in [2.24, 2.45) is 5.41 Å². The molecule has 100 valence electrons. The molecule has 1 aromatic carbocycles. The fourth-order valence-electron chi connectivity index (χ4n) is 3.03. The number of hydrogen-bond donors (Lipinski definition) is 2. The van der Waals surface area contributed by atoms with E-state index in [-0.39, 0.29) is 0 Å². The van der Waals surface area contributed by atoms with Gasteiger partial charge in [0.2, 0.25) is 0 Å². The van der Waals surface area contributed by atoms with E-state index in [1.165, 1.54) is 37.7 Å². The Morgan fingerprint density at radius 2 is 2.00 bits per heavy atom. The summed E-state index contributed by atoms with van der Waals surface area (Å²) in [6.07, 6.45) is 6.87. The third-order valence-electron chi connectivity index (χ3n) is 4.22. The van der Waals surface area contributed by atoms with E-state index >= 15 is 0 Å². The average Bonchev–Trinajstić information content (AvgIpc) is 2.77. The van der Waals surface area contributed by atoms with Crippen LogP contribution in [-0.2, 0) is 6.54 Å². The molecule has 0 bridgehead atoms. The molecule has 1 aromatic rings. The number of rotatable bonds is 5. The van der Waals surface area contributed by atoms with Gasteiger partial charge in [0.1, 0.15) is 0 Å². The molecule has 0 heterocycles. The normalized spacial score (nSPS) is 18.1. The number of nitrogen functional groups attached to an aromatic ring is 1. The number of nitrogens with two attached hydrogens (primary N) is 1. The van der Waals surface area contributed by atoms with Crippen LogP contribution in [0.25, 0.3) is 0 Å². The number of halogens is 1. The summed E-state index contributed by atoms with van der Waals surface area (Å²) in [6, 6.07) is 6.12. The van der Waals surface area contributed by atoms with Crippen LogP contribution in [0.3, 0.4) is 0 Å². The van der Waals surface area contributed by atoms with Gasteiger partial charge in [0.05, 0.1) is 0 Å². The first-order valence-electron chi connectivity index (χ1n) is 6.89. The van der Waals surface area contributed by atoms with Gasteiger partial charge < -0.3 is 11.1 Å². The van der Waals surface area contributed by atoms with Crippen molar-refractivity contribution in [2.45, 2.75) is 45.6 Å². The molecule has 0 aliphatic heterocycles. The van der Waals surface area contributed by atoms with Crippen LogP contribution in [0, 0.1) is 5.41 Å². The second-order valence-electron chi connectivity index (χ2n) is 5.56. The predicted molar refractivity (Wildman–Crippen MR) is 81.5 cm³/mol. The van der Waals surface area contributed by atoms with Crippen LogP contribution < -0.4 is 11.1 Å². The molecule has 0 spiro atoms. The van der Waals surface area contributed by atoms with E-state index in [2.05, 4.69) is 34.2 Å². The first-order valence-corrected chi connectivity index (χ1v) is 7.68. The second-order valence-corrected chi connectivity index (χ2v) is 6.47. The van der Waals surface area contributed by atoms with Crippen LogP contribution in [0.2, 0.25) is 0 Å². The Morgan fingerprint density at radius 3 is 2.61 bits per heavy atom. The molecule has 0 unspecified atom stereocenters. The van der Waals surface area contributed by atoms with Crippen molar-refractivity contribution in [3.8, 4) is 0 Å². The monoisotopic (exact) mass is 310 g/mol. The van der Waals surface area contributed by atoms with Crippen LogP contribution in [-0.4, -0.2) is 6.54 Å². The highest BCUT2D eigenvalue weighted by Crippen LogP contribution is 2.40. The Balaban J connectivity index is 1.87. The van der Waals surface area contributed by atoms with Crippen LogP contribution in [0.1, 0.15) is 44.6 Å². The molecule has 1 aliphatic rings. The summed E-state index contributed by atoms with van der Waals surface area (Å²) >= 11 is 3.49. The molecular formula is C15H23BrN2. The number of benzene rings is 1. The van der Waals surface area contributed by atoms with Gasteiger partial charge in [0.25, 0.3) is 0 Å². The van der Waals surface area contributed by atoms with Gasteiger partial charge in [-0.05, 0) is 48.4 Å². The van der Waals surface area contributed by atoms with Gasteiger partial charge >= 0.3 is 0 Å². The Hall–Kier alpha value is -0.540. The minimum absolute atomic E-state index is 0.553. The average molecular weight is 311 g/mol. The first-order chi connectivity index (χ1) is 8.63. The van der Waals surface area contributed by atoms with E-state index in [1.807, 2.05) is 12.1 Å². The van der Waals surface area contributed by atoms with E-state index in [0.29, 0.717) is 5.41 Å². The smallest absolute Gasteiger partial charge is 0.0328 e. The highest BCUT2D eigenvalue weighted by molar-refractivity contribution is 9.10. The summed E-state index contributed by atoms with van der Waals surface area (Å²) in [5.41, 5.74) is 8.48. The van der Waals surface area contributed by atoms with Crippen molar-refractivity contribution in [1.82, 2.24) is 5.32 Å². The van der Waals surface area contributed by atoms with Crippen LogP contribution in [0.15, 0.2) is 22.7 Å². The summed E-state index contributed by atoms with van der Waals surface area (Å²) in [6.45, 7) is 4.37. The lowest BCUT2D eigenvalue weighted by atomic mass is 9.83. The molecule has 1 aliphatic carbocycles. The highest BCUT2D eigenvalue weighted by atomic mass is 79.9. The van der Waals surface area contributed by atoms with Crippen molar-refractivity contribution >= 4 is 21.6 Å². The molecular weight excluding hydrogens is 288 g/mol. The summed E-state index contributed by atoms with van der Waals surface area (Å²) in [5.74, 6) is 0. The maximum absolute atomic E-state index is 5.85. The minimum atomic E-state index is 0.553. The van der Waals surface area contributed by atoms with Crippen molar-refractivity contribution < 1.29 is 0 Å². The maximum atomic E-state index is 5.85. The lowest BCUT2D eigenvalue weighted by molar-refractivity contribution is 0.268. The summed E-state index contributed by atoms with van der Waals surface area (Å²) in [4.78, 5) is 0. The van der Waals surface area contributed by atoms with E-state index in [4.69, 9.17) is 5.73 Å². The Kier molecular flexibility index (Phi) is 4.68. The van der Waals surface area contributed by atoms with Crippen molar-refractivity contribution in [3.63, 3.8) is 0 Å². The lowest BCUT2D eigenvalue weighted by Gasteiger charge is -2.27. The van der Waals surface area contributed by atoms with Gasteiger partial charge in [-0.25, -0.2) is 0 Å². The molecule has 2 rings (SSSR count). The largest absolute Gasteiger partial charge is 0.399 e. The topological polar surface area (TPSA) is 38.0 Å². The summed E-state index contributed by atoms with van der Waals surface area (Å²) in [5, 5.41) is 3.61. The second kappa shape index (κ2) is 6.07. The van der Waals surface area contributed by atoms with Gasteiger partial charge in [-0.1, -0.05) is 35.7 Å². The fourth-order valence-corrected chi connectivity index (χ4v) is 3.59. The SMILES string of the molecule is CCC1(CNCc2cc(N)cc(Br)c2)CCCC1. The van der Waals surface area contributed by atoms with Gasteiger partial charge in [-0.15, -0.1) is 0 Å². The number of hydrogen-bond acceptors (Lipinski definition) is 2. The number of anilines is 1. The third-order valence-corrected chi connectivity index (χ3v) is 4.68. The molecule has 0 atom stereocenters. The maximum Gasteiger partial charge on any atom is 0.0328 e. The minimum Gasteiger partial charge on any atom is -0.399 e. The van der Waals surface area contributed by atoms with Crippen molar-refractivity contribution in [1.29, 1.82) is 0 Å². The summed E-state index contributed by atoms with van der Waals surface area (Å²) in [7, 11) is 0. The Bertz CT molecular complexity index is 377. The first kappa shape index (κ1) is 13.9. The molecule has 18 heavy (non-hydrogen) atoms. The van der Waals surface area contributed by atoms with Crippen LogP contribution in [0.4, 0.5) is 5.69 Å². The van der Waals surface area contributed by atoms with Gasteiger partial charge in [-0.2, -0.15) is 0 Å². The van der Waals surface area contributed by atoms with Gasteiger partial charge in [0.15, 0.2) is 0 Å². The zero-order valence-electron chi connectivity index (χ0n) is 11.1. The van der Waals surface area contributed by atoms with E-state index in [1.54, 1.807) is 0 Å². The lowest BCUT2D eigenvalue weighted by Crippen LogP contribution is -2.31. The molecule has 0 radical (unpaired) electrons. The molecule has 0 aromatic heterocycles. The molecule has 3 heteroatoms. The molecule has 1 saturated carbocycles. The van der Waals surface area contributed by atoms with Crippen molar-refractivity contribution in [3.05, 3.63) is 28.2 Å². The van der Waals surface area contributed by atoms with Crippen molar-refractivity contribution in [2.75, 3.05) is 12.3 Å². The molecule has 0 saturated heterocycles. The molecule has 1 fully saturated rings. The highest BCUT2D eigenvalue weighted by Gasteiger charge is 2.31.